The Morgan fingerprint density at radius 2 is 1.40 bits per heavy atom. The summed E-state index contributed by atoms with van der Waals surface area (Å²) in [5.74, 6) is -0.561. The first-order valence-electron chi connectivity index (χ1n) is 15.5. The zero-order valence-corrected chi connectivity index (χ0v) is 24.4. The van der Waals surface area contributed by atoms with Gasteiger partial charge in [-0.2, -0.15) is 4.39 Å². The number of halogens is 2. The van der Waals surface area contributed by atoms with Crippen LogP contribution in [0.15, 0.2) is 72.8 Å². The van der Waals surface area contributed by atoms with Crippen molar-refractivity contribution in [3.8, 4) is 16.9 Å². The molecule has 3 aromatic rings. The zero-order valence-electron chi connectivity index (χ0n) is 24.4. The predicted molar refractivity (Wildman–Crippen MR) is 164 cm³/mol. The maximum Gasteiger partial charge on any atom is 0.201 e. The topological polar surface area (TPSA) is 9.23 Å². The monoisotopic (exact) mass is 544 g/mol. The van der Waals surface area contributed by atoms with Gasteiger partial charge in [-0.25, -0.2) is 4.39 Å². The molecule has 1 fully saturated rings. The molecule has 1 aliphatic rings. The van der Waals surface area contributed by atoms with Gasteiger partial charge in [0.1, 0.15) is 0 Å². The summed E-state index contributed by atoms with van der Waals surface area (Å²) in [6.45, 7) is 4.68. The van der Waals surface area contributed by atoms with E-state index >= 15 is 0 Å². The highest BCUT2D eigenvalue weighted by Crippen LogP contribution is 2.37. The molecule has 0 bridgehead atoms. The Morgan fingerprint density at radius 3 is 2.08 bits per heavy atom. The fourth-order valence-electron chi connectivity index (χ4n) is 5.76. The van der Waals surface area contributed by atoms with Crippen LogP contribution in [0.5, 0.6) is 5.75 Å². The molecule has 0 aliphatic heterocycles. The molecule has 0 radical (unpaired) electrons. The van der Waals surface area contributed by atoms with Crippen LogP contribution in [0.2, 0.25) is 0 Å². The molecule has 3 heteroatoms. The quantitative estimate of drug-likeness (QED) is 0.145. The molecule has 214 valence electrons. The van der Waals surface area contributed by atoms with Crippen LogP contribution in [0.1, 0.15) is 101 Å². The van der Waals surface area contributed by atoms with Gasteiger partial charge in [0, 0.05) is 5.56 Å². The highest BCUT2D eigenvalue weighted by Gasteiger charge is 2.21. The predicted octanol–water partition coefficient (Wildman–Crippen LogP) is 11.0. The van der Waals surface area contributed by atoms with Crippen LogP contribution in [-0.2, 0) is 12.8 Å². The van der Waals surface area contributed by atoms with Gasteiger partial charge in [0.25, 0.3) is 0 Å². The first-order chi connectivity index (χ1) is 19.6. The number of aryl methyl sites for hydroxylation is 2. The molecule has 1 saturated carbocycles. The number of unbranched alkanes of at least 4 members (excludes halogenated alkanes) is 3. The zero-order chi connectivity index (χ0) is 28.2. The van der Waals surface area contributed by atoms with E-state index in [-0.39, 0.29) is 11.3 Å². The Hall–Kier alpha value is -2.94. The number of hydrogen-bond acceptors (Lipinski definition) is 1. The van der Waals surface area contributed by atoms with Gasteiger partial charge in [-0.15, -0.1) is 0 Å². The Morgan fingerprint density at radius 1 is 0.725 bits per heavy atom. The Balaban J connectivity index is 1.22. The van der Waals surface area contributed by atoms with E-state index in [2.05, 4.69) is 55.5 Å². The maximum absolute atomic E-state index is 14.8. The van der Waals surface area contributed by atoms with E-state index < -0.39 is 11.6 Å². The number of rotatable bonds is 14. The minimum atomic E-state index is -0.903. The Bertz CT molecular complexity index is 1190. The summed E-state index contributed by atoms with van der Waals surface area (Å²) in [7, 11) is 0. The van der Waals surface area contributed by atoms with Crippen LogP contribution >= 0.6 is 0 Å². The summed E-state index contributed by atoms with van der Waals surface area (Å²) in [6, 6.07) is 20.4. The van der Waals surface area contributed by atoms with E-state index in [0.29, 0.717) is 24.0 Å². The third kappa shape index (κ3) is 8.53. The molecule has 0 aromatic heterocycles. The summed E-state index contributed by atoms with van der Waals surface area (Å²) in [6.07, 6.45) is 18.6. The molecule has 0 amide bonds. The van der Waals surface area contributed by atoms with Gasteiger partial charge in [-0.3, -0.25) is 0 Å². The van der Waals surface area contributed by atoms with Crippen molar-refractivity contribution in [1.29, 1.82) is 0 Å². The molecule has 1 nitrogen and oxygen atoms in total. The van der Waals surface area contributed by atoms with E-state index in [1.807, 2.05) is 19.1 Å². The van der Waals surface area contributed by atoms with Gasteiger partial charge >= 0.3 is 0 Å². The second-order valence-corrected chi connectivity index (χ2v) is 11.4. The van der Waals surface area contributed by atoms with Gasteiger partial charge in [0.05, 0.1) is 6.61 Å². The molecule has 0 unspecified atom stereocenters. The average molecular weight is 545 g/mol. The van der Waals surface area contributed by atoms with E-state index in [1.165, 1.54) is 74.1 Å². The number of benzene rings is 3. The number of ether oxygens (including phenoxy) is 1. The van der Waals surface area contributed by atoms with Gasteiger partial charge in [-0.05, 0) is 104 Å². The van der Waals surface area contributed by atoms with Crippen molar-refractivity contribution in [2.45, 2.75) is 96.8 Å². The fraction of sp³-hybridized carbons (Fsp3) is 0.459. The smallest absolute Gasteiger partial charge is 0.201 e. The van der Waals surface area contributed by atoms with Crippen LogP contribution in [0.4, 0.5) is 8.78 Å². The van der Waals surface area contributed by atoms with Crippen molar-refractivity contribution < 1.29 is 13.5 Å². The molecule has 0 atom stereocenters. The number of allylic oxidation sites excluding steroid dienone is 2. The Labute approximate surface area is 240 Å². The molecule has 4 rings (SSSR count). The van der Waals surface area contributed by atoms with Gasteiger partial charge in [0.15, 0.2) is 11.6 Å². The molecule has 0 heterocycles. The van der Waals surface area contributed by atoms with Crippen molar-refractivity contribution in [2.75, 3.05) is 6.61 Å². The minimum absolute atomic E-state index is 0.0102. The van der Waals surface area contributed by atoms with Gasteiger partial charge < -0.3 is 4.74 Å². The summed E-state index contributed by atoms with van der Waals surface area (Å²) in [5, 5.41) is 0. The minimum Gasteiger partial charge on any atom is -0.490 e. The average Bonchev–Trinajstić information content (AvgIpc) is 2.99. The van der Waals surface area contributed by atoms with Gasteiger partial charge in [0.2, 0.25) is 5.82 Å². The van der Waals surface area contributed by atoms with Crippen molar-refractivity contribution in [3.63, 3.8) is 0 Å². The molecule has 3 aromatic carbocycles. The standard InChI is InChI=1S/C37H46F2O/c1-3-5-7-10-28-13-15-29(16-14-28)11-8-9-12-30-17-19-31(20-18-30)32-21-23-33(24-22-32)34-25-26-35(37(39)36(34)38)40-27-6-4-2/h9,12-16,21-26,30-31H,3-8,10-11,17-20,27H2,1-2H3/b12-9+. The summed E-state index contributed by atoms with van der Waals surface area (Å²) in [4.78, 5) is 0. The number of hydrogen-bond donors (Lipinski definition) is 0. The van der Waals surface area contributed by atoms with E-state index in [1.54, 1.807) is 6.07 Å². The normalized spacial score (nSPS) is 17.4. The van der Waals surface area contributed by atoms with Crippen molar-refractivity contribution >= 4 is 0 Å². The molecule has 0 saturated heterocycles. The van der Waals surface area contributed by atoms with Crippen LogP contribution in [0.3, 0.4) is 0 Å². The molecule has 40 heavy (non-hydrogen) atoms. The summed E-state index contributed by atoms with van der Waals surface area (Å²) < 4.78 is 34.7. The first-order valence-corrected chi connectivity index (χ1v) is 15.5. The second kappa shape index (κ2) is 15.7. The third-order valence-corrected chi connectivity index (χ3v) is 8.37. The van der Waals surface area contributed by atoms with Crippen molar-refractivity contribution in [3.05, 3.63) is 101 Å². The summed E-state index contributed by atoms with van der Waals surface area (Å²) >= 11 is 0. The molecular weight excluding hydrogens is 498 g/mol. The van der Waals surface area contributed by atoms with E-state index in [9.17, 15) is 8.78 Å². The summed E-state index contributed by atoms with van der Waals surface area (Å²) in [5.41, 5.74) is 5.16. The van der Waals surface area contributed by atoms with Crippen LogP contribution < -0.4 is 4.74 Å². The van der Waals surface area contributed by atoms with Crippen LogP contribution in [0.25, 0.3) is 11.1 Å². The van der Waals surface area contributed by atoms with Gasteiger partial charge in [-0.1, -0.05) is 93.8 Å². The largest absolute Gasteiger partial charge is 0.490 e. The highest BCUT2D eigenvalue weighted by molar-refractivity contribution is 5.65. The van der Waals surface area contributed by atoms with E-state index in [4.69, 9.17) is 4.74 Å². The maximum atomic E-state index is 14.8. The van der Waals surface area contributed by atoms with Crippen LogP contribution in [-0.4, -0.2) is 6.61 Å². The lowest BCUT2D eigenvalue weighted by Gasteiger charge is -2.27. The highest BCUT2D eigenvalue weighted by atomic mass is 19.2. The first kappa shape index (κ1) is 30.0. The van der Waals surface area contributed by atoms with Crippen molar-refractivity contribution in [1.82, 2.24) is 0 Å². The lowest BCUT2D eigenvalue weighted by atomic mass is 9.78. The van der Waals surface area contributed by atoms with E-state index in [0.717, 1.165) is 25.7 Å². The molecule has 0 spiro atoms. The lowest BCUT2D eigenvalue weighted by Crippen LogP contribution is -2.11. The SMILES string of the molecule is CCCCCc1ccc(CC/C=C/C2CCC(c3ccc(-c4ccc(OCCCC)c(F)c4F)cc3)CC2)cc1. The lowest BCUT2D eigenvalue weighted by molar-refractivity contribution is 0.289. The van der Waals surface area contributed by atoms with Crippen molar-refractivity contribution in [2.24, 2.45) is 5.92 Å². The molecule has 0 N–H and O–H groups in total. The Kier molecular flexibility index (Phi) is 11.8. The molecular formula is C37H46F2O. The van der Waals surface area contributed by atoms with Crippen LogP contribution in [0, 0.1) is 17.6 Å². The third-order valence-electron chi connectivity index (χ3n) is 8.37. The second-order valence-electron chi connectivity index (χ2n) is 11.4. The fourth-order valence-corrected chi connectivity index (χ4v) is 5.76. The molecule has 1 aliphatic carbocycles.